The maximum atomic E-state index is 12.6. The van der Waals surface area contributed by atoms with Crippen molar-refractivity contribution in [3.8, 4) is 0 Å². The van der Waals surface area contributed by atoms with Crippen molar-refractivity contribution in [1.29, 1.82) is 0 Å². The first kappa shape index (κ1) is 27.5. The van der Waals surface area contributed by atoms with Crippen molar-refractivity contribution >= 4 is 34.5 Å². The zero-order valence-electron chi connectivity index (χ0n) is 23.9. The Bertz CT molecular complexity index is 1650. The van der Waals surface area contributed by atoms with Crippen molar-refractivity contribution in [3.05, 3.63) is 149 Å². The normalized spacial score (nSPS) is 14.7. The quantitative estimate of drug-likeness (QED) is 0.188. The number of hydrogen-bond acceptors (Lipinski definition) is 3. The van der Waals surface area contributed by atoms with E-state index in [0.29, 0.717) is 17.7 Å². The lowest BCUT2D eigenvalue weighted by molar-refractivity contribution is -0.462. The average Bonchev–Trinajstić information content (AvgIpc) is 3.22. The van der Waals surface area contributed by atoms with Crippen LogP contribution in [0.2, 0.25) is 0 Å². The van der Waals surface area contributed by atoms with Gasteiger partial charge in [-0.1, -0.05) is 66.8 Å². The van der Waals surface area contributed by atoms with Gasteiger partial charge in [-0.25, -0.2) is 4.58 Å². The van der Waals surface area contributed by atoms with E-state index in [1.165, 1.54) is 17.7 Å². The summed E-state index contributed by atoms with van der Waals surface area (Å²) in [7, 11) is 5.60. The van der Waals surface area contributed by atoms with Crippen LogP contribution in [-0.4, -0.2) is 54.7 Å². The summed E-state index contributed by atoms with van der Waals surface area (Å²) in [5, 5.41) is 0. The minimum atomic E-state index is -0.258. The molecule has 2 aliphatic rings. The summed E-state index contributed by atoms with van der Waals surface area (Å²) in [5.74, 6) is -0.509. The molecule has 0 bridgehead atoms. The summed E-state index contributed by atoms with van der Waals surface area (Å²) in [4.78, 5) is 28.2. The average molecular weight is 541 g/mol. The van der Waals surface area contributed by atoms with Gasteiger partial charge in [0.05, 0.1) is 11.1 Å². The maximum Gasteiger partial charge on any atom is 0.261 e. The second-order valence-electron chi connectivity index (χ2n) is 10.2. The molecule has 0 atom stereocenters. The van der Waals surface area contributed by atoms with Gasteiger partial charge in [0.25, 0.3) is 11.8 Å². The Morgan fingerprint density at radius 3 is 2.07 bits per heavy atom. The van der Waals surface area contributed by atoms with Crippen LogP contribution in [0.15, 0.2) is 127 Å². The number of hydrogen-bond donors (Lipinski definition) is 0. The van der Waals surface area contributed by atoms with Gasteiger partial charge in [-0.15, -0.1) is 0 Å². The maximum absolute atomic E-state index is 12.6. The second kappa shape index (κ2) is 12.0. The molecule has 1 aliphatic carbocycles. The molecule has 1 aliphatic heterocycles. The predicted molar refractivity (Wildman–Crippen MR) is 168 cm³/mol. The molecule has 0 radical (unpaired) electrons. The zero-order chi connectivity index (χ0) is 28.9. The highest BCUT2D eigenvalue weighted by Crippen LogP contribution is 2.32. The topological polar surface area (TPSA) is 43.6 Å². The van der Waals surface area contributed by atoms with E-state index in [1.54, 1.807) is 6.07 Å². The van der Waals surface area contributed by atoms with Gasteiger partial charge in [0, 0.05) is 37.1 Å². The standard InChI is InChI=1S/C36H34N3O2/c1-5-39(31-23-24-33-34(25-31)36(41)38(4)35(33)40)30-21-17-28(18-22-30)32(27-12-7-6-8-13-27)14-10-9-11-26-15-19-29(20-16-26)37(2)3/h6-25H,5H2,1-4H3/q+1. The molecule has 0 saturated heterocycles. The van der Waals surface area contributed by atoms with E-state index in [-0.39, 0.29) is 11.8 Å². The molecule has 0 fully saturated rings. The molecular formula is C36H34N3O2+. The Hall–Kier alpha value is -5.03. The number of fused-ring (bicyclic) bond motifs is 1. The number of amides is 2. The van der Waals surface area contributed by atoms with Crippen LogP contribution in [0.4, 0.5) is 11.4 Å². The number of carbonyl (C=O) groups is 2. The number of anilines is 2. The SMILES string of the molecule is CCN(c1ccc(C(=CC=CC=C2C=CC(=[N+](C)C)C=C2)c2ccccc2)cc1)c1ccc2c(c1)C(=O)N(C)C2=O. The van der Waals surface area contributed by atoms with Gasteiger partial charge in [-0.2, -0.15) is 0 Å². The second-order valence-corrected chi connectivity index (χ2v) is 10.2. The van der Waals surface area contributed by atoms with E-state index in [4.69, 9.17) is 0 Å². The van der Waals surface area contributed by atoms with Gasteiger partial charge in [-0.05, 0) is 71.7 Å². The molecule has 41 heavy (non-hydrogen) atoms. The van der Waals surface area contributed by atoms with E-state index < -0.39 is 0 Å². The van der Waals surface area contributed by atoms with Crippen molar-refractivity contribution in [2.45, 2.75) is 6.92 Å². The zero-order valence-corrected chi connectivity index (χ0v) is 23.9. The molecule has 0 aromatic heterocycles. The number of allylic oxidation sites excluding steroid dienone is 9. The summed E-state index contributed by atoms with van der Waals surface area (Å²) in [6.07, 6.45) is 16.9. The van der Waals surface area contributed by atoms with E-state index in [9.17, 15) is 9.59 Å². The van der Waals surface area contributed by atoms with Crippen LogP contribution in [0, 0.1) is 0 Å². The molecule has 3 aromatic carbocycles. The first-order valence-corrected chi connectivity index (χ1v) is 13.8. The highest BCUT2D eigenvalue weighted by atomic mass is 16.2. The molecule has 0 unspecified atom stereocenters. The Morgan fingerprint density at radius 1 is 0.780 bits per heavy atom. The fourth-order valence-electron chi connectivity index (χ4n) is 5.03. The molecule has 3 aromatic rings. The van der Waals surface area contributed by atoms with Crippen molar-refractivity contribution < 1.29 is 14.2 Å². The van der Waals surface area contributed by atoms with Gasteiger partial charge in [0.15, 0.2) is 5.71 Å². The molecule has 2 amide bonds. The fourth-order valence-corrected chi connectivity index (χ4v) is 5.03. The third-order valence-electron chi connectivity index (χ3n) is 7.35. The van der Waals surface area contributed by atoms with E-state index in [0.717, 1.165) is 33.6 Å². The Labute approximate surface area is 242 Å². The van der Waals surface area contributed by atoms with Crippen LogP contribution in [0.5, 0.6) is 0 Å². The fraction of sp³-hybridized carbons (Fsp3) is 0.139. The van der Waals surface area contributed by atoms with Crippen LogP contribution < -0.4 is 4.90 Å². The lowest BCUT2D eigenvalue weighted by Gasteiger charge is -2.24. The minimum absolute atomic E-state index is 0.252. The number of benzene rings is 3. The van der Waals surface area contributed by atoms with Crippen LogP contribution in [-0.2, 0) is 0 Å². The number of nitrogens with zero attached hydrogens (tertiary/aromatic N) is 3. The summed E-state index contributed by atoms with van der Waals surface area (Å²) in [5.41, 5.74) is 8.50. The van der Waals surface area contributed by atoms with Gasteiger partial charge in [-0.3, -0.25) is 14.5 Å². The molecule has 204 valence electrons. The summed E-state index contributed by atoms with van der Waals surface area (Å²) in [6, 6.07) is 24.3. The highest BCUT2D eigenvalue weighted by molar-refractivity contribution is 6.21. The summed E-state index contributed by atoms with van der Waals surface area (Å²) < 4.78 is 2.09. The predicted octanol–water partition coefficient (Wildman–Crippen LogP) is 6.82. The first-order chi connectivity index (χ1) is 19.9. The minimum Gasteiger partial charge on any atom is -0.342 e. The Balaban J connectivity index is 1.41. The molecular weight excluding hydrogens is 506 g/mol. The van der Waals surface area contributed by atoms with Gasteiger partial charge < -0.3 is 4.90 Å². The third kappa shape index (κ3) is 5.80. The van der Waals surface area contributed by atoms with Crippen molar-refractivity contribution in [2.24, 2.45) is 0 Å². The molecule has 5 nitrogen and oxygen atoms in total. The van der Waals surface area contributed by atoms with E-state index in [1.807, 2.05) is 32.3 Å². The van der Waals surface area contributed by atoms with Crippen molar-refractivity contribution in [2.75, 3.05) is 32.6 Å². The van der Waals surface area contributed by atoms with Crippen molar-refractivity contribution in [3.63, 3.8) is 0 Å². The van der Waals surface area contributed by atoms with Crippen LogP contribution in [0.25, 0.3) is 5.57 Å². The highest BCUT2D eigenvalue weighted by Gasteiger charge is 2.33. The molecule has 5 rings (SSSR count). The van der Waals surface area contributed by atoms with Gasteiger partial charge in [0.1, 0.15) is 14.1 Å². The van der Waals surface area contributed by atoms with Crippen LogP contribution in [0.1, 0.15) is 38.8 Å². The van der Waals surface area contributed by atoms with Crippen LogP contribution in [0.3, 0.4) is 0 Å². The molecule has 0 N–H and O–H groups in total. The van der Waals surface area contributed by atoms with E-state index in [2.05, 4.69) is 114 Å². The van der Waals surface area contributed by atoms with Gasteiger partial charge in [0.2, 0.25) is 0 Å². The van der Waals surface area contributed by atoms with Crippen molar-refractivity contribution in [1.82, 2.24) is 4.90 Å². The monoisotopic (exact) mass is 540 g/mol. The van der Waals surface area contributed by atoms with Crippen LogP contribution >= 0.6 is 0 Å². The Morgan fingerprint density at radius 2 is 1.41 bits per heavy atom. The molecule has 0 saturated carbocycles. The van der Waals surface area contributed by atoms with E-state index >= 15 is 0 Å². The lowest BCUT2D eigenvalue weighted by atomic mass is 9.97. The summed E-state index contributed by atoms with van der Waals surface area (Å²) in [6.45, 7) is 2.79. The van der Waals surface area contributed by atoms with Gasteiger partial charge >= 0.3 is 0 Å². The summed E-state index contributed by atoms with van der Waals surface area (Å²) >= 11 is 0. The molecule has 5 heteroatoms. The first-order valence-electron chi connectivity index (χ1n) is 13.8. The molecule has 1 heterocycles. The smallest absolute Gasteiger partial charge is 0.261 e. The number of carbonyl (C=O) groups excluding carboxylic acids is 2. The third-order valence-corrected chi connectivity index (χ3v) is 7.35. The molecule has 0 spiro atoms. The Kier molecular flexibility index (Phi) is 8.06. The number of imide groups is 1. The largest absolute Gasteiger partial charge is 0.342 e. The lowest BCUT2D eigenvalue weighted by Crippen LogP contribution is -2.24. The number of rotatable bonds is 7.